The molecule has 0 aromatic carbocycles. The van der Waals surface area contributed by atoms with Crippen molar-refractivity contribution in [3.63, 3.8) is 0 Å². The Labute approximate surface area is 152 Å². The number of nitrogens with one attached hydrogen (secondary N) is 2. The minimum Gasteiger partial charge on any atom is -0.335 e. The van der Waals surface area contributed by atoms with Gasteiger partial charge in [0.15, 0.2) is 0 Å². The molecular weight excluding hydrogens is 375 g/mol. The van der Waals surface area contributed by atoms with Gasteiger partial charge >= 0.3 is 12.2 Å². The Hall–Kier alpha value is -2.03. The molecule has 1 saturated carbocycles. The van der Waals surface area contributed by atoms with Crippen LogP contribution >= 0.6 is 11.6 Å². The minimum absolute atomic E-state index is 0.0673. The average Bonchev–Trinajstić information content (AvgIpc) is 2.52. The topological polar surface area (TPSA) is 80.2 Å². The molecule has 1 aromatic heterocycles. The van der Waals surface area contributed by atoms with E-state index < -0.39 is 40.8 Å². The van der Waals surface area contributed by atoms with E-state index in [-0.39, 0.29) is 12.0 Å². The minimum atomic E-state index is -4.72. The number of carbonyl (C=O) groups excluding carboxylic acids is 2. The predicted molar refractivity (Wildman–Crippen MR) is 88.8 cm³/mol. The molecule has 2 atom stereocenters. The Bertz CT molecular complexity index is 748. The maximum atomic E-state index is 12.8. The van der Waals surface area contributed by atoms with Gasteiger partial charge in [-0.05, 0) is 24.8 Å². The Morgan fingerprint density at radius 2 is 1.96 bits per heavy atom. The van der Waals surface area contributed by atoms with Crippen molar-refractivity contribution in [1.29, 1.82) is 0 Å². The fourth-order valence-electron chi connectivity index (χ4n) is 2.93. The molecule has 2 N–H and O–H groups in total. The highest BCUT2D eigenvalue weighted by molar-refractivity contribution is 6.30. The van der Waals surface area contributed by atoms with Gasteiger partial charge in [0.05, 0.1) is 5.56 Å². The van der Waals surface area contributed by atoms with Crippen molar-refractivity contribution in [3.05, 3.63) is 33.2 Å². The van der Waals surface area contributed by atoms with Crippen molar-refractivity contribution >= 4 is 23.5 Å². The molecule has 10 heteroatoms. The Morgan fingerprint density at radius 1 is 1.31 bits per heavy atom. The van der Waals surface area contributed by atoms with Gasteiger partial charge in [-0.1, -0.05) is 31.4 Å². The molecule has 6 nitrogen and oxygen atoms in total. The predicted octanol–water partition coefficient (Wildman–Crippen LogP) is 2.93. The fraction of sp³-hybridized carbons (Fsp3) is 0.562. The van der Waals surface area contributed by atoms with Crippen LogP contribution in [0.5, 0.6) is 0 Å². The third-order valence-electron chi connectivity index (χ3n) is 4.36. The van der Waals surface area contributed by atoms with Crippen LogP contribution in [0.2, 0.25) is 5.02 Å². The van der Waals surface area contributed by atoms with Gasteiger partial charge in [0.25, 0.3) is 5.56 Å². The van der Waals surface area contributed by atoms with Gasteiger partial charge in [-0.2, -0.15) is 13.2 Å². The van der Waals surface area contributed by atoms with Crippen LogP contribution < -0.4 is 16.2 Å². The molecule has 144 valence electrons. The summed E-state index contributed by atoms with van der Waals surface area (Å²) in [5, 5.41) is 4.05. The number of pyridine rings is 1. The SMILES string of the molecule is C[C@@H]1CCCC[C@H]1NC(=O)NC(=O)Cn1cc(C(F)(F)F)cc(Cl)c1=O. The van der Waals surface area contributed by atoms with Gasteiger partial charge in [0, 0.05) is 12.2 Å². The Balaban J connectivity index is 2.02. The first kappa shape index (κ1) is 20.3. The molecule has 0 aliphatic heterocycles. The lowest BCUT2D eigenvalue weighted by molar-refractivity contribution is -0.138. The van der Waals surface area contributed by atoms with Crippen molar-refractivity contribution in [3.8, 4) is 0 Å². The molecular formula is C16H19ClF3N3O3. The summed E-state index contributed by atoms with van der Waals surface area (Å²) in [6.45, 7) is 1.24. The van der Waals surface area contributed by atoms with Crippen molar-refractivity contribution in [2.75, 3.05) is 0 Å². The number of aromatic nitrogens is 1. The van der Waals surface area contributed by atoms with Crippen molar-refractivity contribution in [2.24, 2.45) is 5.92 Å². The second-order valence-corrected chi connectivity index (χ2v) is 6.80. The molecule has 1 aromatic rings. The zero-order chi connectivity index (χ0) is 19.5. The van der Waals surface area contributed by atoms with Crippen molar-refractivity contribution < 1.29 is 22.8 Å². The van der Waals surface area contributed by atoms with Gasteiger partial charge < -0.3 is 9.88 Å². The summed E-state index contributed by atoms with van der Waals surface area (Å²) in [5.41, 5.74) is -2.11. The van der Waals surface area contributed by atoms with Crippen LogP contribution in [-0.2, 0) is 17.5 Å². The molecule has 1 fully saturated rings. The molecule has 0 bridgehead atoms. The molecule has 0 spiro atoms. The van der Waals surface area contributed by atoms with Crippen molar-refractivity contribution in [2.45, 2.75) is 51.4 Å². The van der Waals surface area contributed by atoms with Crippen molar-refractivity contribution in [1.82, 2.24) is 15.2 Å². The van der Waals surface area contributed by atoms with E-state index in [0.717, 1.165) is 25.7 Å². The third kappa shape index (κ3) is 5.23. The van der Waals surface area contributed by atoms with Gasteiger partial charge in [0.2, 0.25) is 5.91 Å². The number of urea groups is 1. The second-order valence-electron chi connectivity index (χ2n) is 6.40. The lowest BCUT2D eigenvalue weighted by atomic mass is 9.86. The summed E-state index contributed by atoms with van der Waals surface area (Å²) in [6, 6.07) is -0.308. The van der Waals surface area contributed by atoms with E-state index in [2.05, 4.69) is 5.32 Å². The summed E-state index contributed by atoms with van der Waals surface area (Å²) in [4.78, 5) is 35.6. The highest BCUT2D eigenvalue weighted by Gasteiger charge is 2.32. The van der Waals surface area contributed by atoms with Crippen LogP contribution in [0.25, 0.3) is 0 Å². The molecule has 3 amide bonds. The zero-order valence-corrected chi connectivity index (χ0v) is 14.8. The standard InChI is InChI=1S/C16H19ClF3N3O3/c1-9-4-2-3-5-12(9)21-15(26)22-13(24)8-23-7-10(16(18,19)20)6-11(17)14(23)25/h6-7,9,12H,2-5,8H2,1H3,(H2,21,22,24,26)/t9-,12-/m1/s1. The smallest absolute Gasteiger partial charge is 0.335 e. The first-order chi connectivity index (χ1) is 12.1. The maximum Gasteiger partial charge on any atom is 0.417 e. The molecule has 26 heavy (non-hydrogen) atoms. The largest absolute Gasteiger partial charge is 0.417 e. The number of imide groups is 1. The molecule has 0 saturated heterocycles. The van der Waals surface area contributed by atoms with Gasteiger partial charge in [-0.3, -0.25) is 14.9 Å². The van der Waals surface area contributed by atoms with Gasteiger partial charge in [-0.15, -0.1) is 0 Å². The molecule has 1 aliphatic carbocycles. The van der Waals surface area contributed by atoms with Crippen LogP contribution in [0, 0.1) is 5.92 Å². The van der Waals surface area contributed by atoms with E-state index in [1.807, 2.05) is 12.2 Å². The lowest BCUT2D eigenvalue weighted by Gasteiger charge is -2.29. The number of amides is 3. The number of halogens is 4. The number of nitrogens with zero attached hydrogens (tertiary/aromatic N) is 1. The van der Waals surface area contributed by atoms with E-state index >= 15 is 0 Å². The summed E-state index contributed by atoms with van der Waals surface area (Å²) >= 11 is 5.51. The van der Waals surface area contributed by atoms with Crippen LogP contribution in [0.4, 0.5) is 18.0 Å². The van der Waals surface area contributed by atoms with Gasteiger partial charge in [-0.25, -0.2) is 4.79 Å². The van der Waals surface area contributed by atoms with Gasteiger partial charge in [0.1, 0.15) is 11.6 Å². The van der Waals surface area contributed by atoms with E-state index in [1.165, 1.54) is 0 Å². The highest BCUT2D eigenvalue weighted by atomic mass is 35.5. The Kier molecular flexibility index (Phi) is 6.33. The van der Waals surface area contributed by atoms with E-state index in [9.17, 15) is 27.6 Å². The number of rotatable bonds is 3. The fourth-order valence-corrected chi connectivity index (χ4v) is 3.15. The number of alkyl halides is 3. The van der Waals surface area contributed by atoms with Crippen LogP contribution in [0.1, 0.15) is 38.2 Å². The van der Waals surface area contributed by atoms with Crippen LogP contribution in [0.3, 0.4) is 0 Å². The first-order valence-electron chi connectivity index (χ1n) is 8.15. The molecule has 0 radical (unpaired) electrons. The highest BCUT2D eigenvalue weighted by Crippen LogP contribution is 2.29. The Morgan fingerprint density at radius 3 is 2.58 bits per heavy atom. The molecule has 1 heterocycles. The molecule has 0 unspecified atom stereocenters. The quantitative estimate of drug-likeness (QED) is 0.828. The molecule has 2 rings (SSSR count). The second kappa shape index (κ2) is 8.11. The maximum absolute atomic E-state index is 12.8. The van der Waals surface area contributed by atoms with E-state index in [4.69, 9.17) is 11.6 Å². The lowest BCUT2D eigenvalue weighted by Crippen LogP contribution is -2.48. The monoisotopic (exact) mass is 393 g/mol. The van der Waals surface area contributed by atoms with Crippen LogP contribution in [0.15, 0.2) is 17.1 Å². The number of carbonyl (C=O) groups is 2. The number of hydrogen-bond donors (Lipinski definition) is 2. The summed E-state index contributed by atoms with van der Waals surface area (Å²) < 4.78 is 38.9. The third-order valence-corrected chi connectivity index (χ3v) is 4.64. The first-order valence-corrected chi connectivity index (χ1v) is 8.53. The zero-order valence-electron chi connectivity index (χ0n) is 14.0. The summed E-state index contributed by atoms with van der Waals surface area (Å²) in [5.74, 6) is -0.641. The number of hydrogen-bond acceptors (Lipinski definition) is 3. The normalized spacial score (nSPS) is 20.5. The van der Waals surface area contributed by atoms with Crippen LogP contribution in [-0.4, -0.2) is 22.5 Å². The van der Waals surface area contributed by atoms with E-state index in [1.54, 1.807) is 0 Å². The summed E-state index contributed by atoms with van der Waals surface area (Å²) in [7, 11) is 0. The average molecular weight is 394 g/mol. The summed E-state index contributed by atoms with van der Waals surface area (Å²) in [6.07, 6.45) is -0.401. The van der Waals surface area contributed by atoms with E-state index in [0.29, 0.717) is 16.8 Å². The molecule has 1 aliphatic rings.